The molecule has 3 rings (SSSR count). The van der Waals surface area contributed by atoms with Crippen LogP contribution in [0.1, 0.15) is 21.6 Å². The number of benzene rings is 1. The lowest BCUT2D eigenvalue weighted by atomic mass is 10.1. The number of nitrogens with one attached hydrogen (secondary N) is 1. The van der Waals surface area contributed by atoms with Crippen molar-refractivity contribution in [1.82, 2.24) is 15.3 Å². The van der Waals surface area contributed by atoms with E-state index >= 15 is 0 Å². The fourth-order valence-corrected chi connectivity index (χ4v) is 4.83. The number of aromatic nitrogens is 2. The van der Waals surface area contributed by atoms with Crippen LogP contribution in [0.3, 0.4) is 0 Å². The van der Waals surface area contributed by atoms with Gasteiger partial charge in [-0.25, -0.2) is 9.97 Å². The van der Waals surface area contributed by atoms with Gasteiger partial charge in [-0.3, -0.25) is 4.79 Å². The van der Waals surface area contributed by atoms with Crippen molar-refractivity contribution in [3.8, 4) is 5.75 Å². The number of hydrogen-bond donors (Lipinski definition) is 1. The monoisotopic (exact) mass is 401 g/mol. The molecule has 2 aromatic heterocycles. The summed E-state index contributed by atoms with van der Waals surface area (Å²) in [7, 11) is 1.67. The minimum atomic E-state index is 0.00277. The molecule has 7 heteroatoms. The van der Waals surface area contributed by atoms with Crippen LogP contribution in [-0.2, 0) is 11.2 Å². The number of aryl methyl sites for hydroxylation is 3. The van der Waals surface area contributed by atoms with Gasteiger partial charge in [0, 0.05) is 16.8 Å². The van der Waals surface area contributed by atoms with Crippen LogP contribution in [0.25, 0.3) is 10.2 Å². The Bertz CT molecular complexity index is 969. The standard InChI is InChI=1S/C20H23N3O2S2/c1-12-5-6-16(25-4)15(9-12)7-8-21-17(24)10-26-19-18-13(2)14(3)27-20(18)23-11-22-19/h5-6,9,11H,7-8,10H2,1-4H3,(H,21,24). The number of carbonyl (C=O) groups is 1. The number of methoxy groups -OCH3 is 1. The van der Waals surface area contributed by atoms with Gasteiger partial charge in [0.1, 0.15) is 21.9 Å². The van der Waals surface area contributed by atoms with Crippen LogP contribution in [0, 0.1) is 20.8 Å². The molecular formula is C20H23N3O2S2. The molecule has 142 valence electrons. The maximum atomic E-state index is 12.3. The fraction of sp³-hybridized carbons (Fsp3) is 0.350. The van der Waals surface area contributed by atoms with E-state index in [9.17, 15) is 4.79 Å². The first-order chi connectivity index (χ1) is 13.0. The molecule has 0 saturated heterocycles. The van der Waals surface area contributed by atoms with Crippen molar-refractivity contribution in [2.75, 3.05) is 19.4 Å². The van der Waals surface area contributed by atoms with Gasteiger partial charge in [0.15, 0.2) is 0 Å². The summed E-state index contributed by atoms with van der Waals surface area (Å²) < 4.78 is 5.39. The summed E-state index contributed by atoms with van der Waals surface area (Å²) in [5.41, 5.74) is 3.49. The van der Waals surface area contributed by atoms with E-state index in [2.05, 4.69) is 42.1 Å². The van der Waals surface area contributed by atoms with Crippen molar-refractivity contribution < 1.29 is 9.53 Å². The van der Waals surface area contributed by atoms with Gasteiger partial charge in [-0.15, -0.1) is 11.3 Å². The van der Waals surface area contributed by atoms with Crippen LogP contribution in [0.5, 0.6) is 5.75 Å². The van der Waals surface area contributed by atoms with Crippen molar-refractivity contribution >= 4 is 39.2 Å². The second-order valence-electron chi connectivity index (χ2n) is 6.35. The molecule has 0 radical (unpaired) electrons. The maximum absolute atomic E-state index is 12.3. The van der Waals surface area contributed by atoms with Crippen LogP contribution in [0.4, 0.5) is 0 Å². The number of nitrogens with zero attached hydrogens (tertiary/aromatic N) is 2. The predicted octanol–water partition coefficient (Wildman–Crippen LogP) is 4.08. The largest absolute Gasteiger partial charge is 0.496 e. The highest BCUT2D eigenvalue weighted by molar-refractivity contribution is 8.00. The molecule has 0 saturated carbocycles. The molecular weight excluding hydrogens is 378 g/mol. The Morgan fingerprint density at radius 1 is 1.26 bits per heavy atom. The van der Waals surface area contributed by atoms with Gasteiger partial charge in [-0.2, -0.15) is 0 Å². The van der Waals surface area contributed by atoms with Crippen LogP contribution in [0.15, 0.2) is 29.6 Å². The smallest absolute Gasteiger partial charge is 0.230 e. The third-order valence-corrected chi connectivity index (χ3v) is 6.53. The highest BCUT2D eigenvalue weighted by Gasteiger charge is 2.13. The minimum absolute atomic E-state index is 0.00277. The molecule has 1 N–H and O–H groups in total. The number of carbonyl (C=O) groups excluding carboxylic acids is 1. The first-order valence-electron chi connectivity index (χ1n) is 8.73. The van der Waals surface area contributed by atoms with Crippen molar-refractivity contribution in [1.29, 1.82) is 0 Å². The summed E-state index contributed by atoms with van der Waals surface area (Å²) in [6, 6.07) is 6.08. The number of thioether (sulfide) groups is 1. The second kappa shape index (κ2) is 8.71. The molecule has 1 amide bonds. The lowest BCUT2D eigenvalue weighted by Gasteiger charge is -2.10. The first-order valence-corrected chi connectivity index (χ1v) is 10.5. The molecule has 0 bridgehead atoms. The van der Waals surface area contributed by atoms with Crippen molar-refractivity contribution in [2.45, 2.75) is 32.2 Å². The zero-order chi connectivity index (χ0) is 19.4. The van der Waals surface area contributed by atoms with E-state index in [0.29, 0.717) is 12.3 Å². The number of hydrogen-bond acceptors (Lipinski definition) is 6. The summed E-state index contributed by atoms with van der Waals surface area (Å²) >= 11 is 3.13. The van der Waals surface area contributed by atoms with E-state index in [-0.39, 0.29) is 5.91 Å². The number of amides is 1. The molecule has 0 fully saturated rings. The fourth-order valence-electron chi connectivity index (χ4n) is 2.88. The van der Waals surface area contributed by atoms with Crippen LogP contribution < -0.4 is 10.1 Å². The molecule has 3 aromatic rings. The third-order valence-electron chi connectivity index (χ3n) is 4.42. The van der Waals surface area contributed by atoms with Crippen molar-refractivity contribution in [2.24, 2.45) is 0 Å². The SMILES string of the molecule is COc1ccc(C)cc1CCNC(=O)CSc1ncnc2sc(C)c(C)c12. The molecule has 0 aliphatic heterocycles. The van der Waals surface area contributed by atoms with E-state index in [1.54, 1.807) is 24.8 Å². The van der Waals surface area contributed by atoms with Gasteiger partial charge >= 0.3 is 0 Å². The number of thiophene rings is 1. The summed E-state index contributed by atoms with van der Waals surface area (Å²) in [6.07, 6.45) is 2.31. The average molecular weight is 402 g/mol. The van der Waals surface area contributed by atoms with Crippen molar-refractivity contribution in [3.63, 3.8) is 0 Å². The Morgan fingerprint density at radius 2 is 2.07 bits per heavy atom. The maximum Gasteiger partial charge on any atom is 0.230 e. The Labute approximate surface area is 167 Å². The highest BCUT2D eigenvalue weighted by atomic mass is 32.2. The highest BCUT2D eigenvalue weighted by Crippen LogP contribution is 2.34. The zero-order valence-electron chi connectivity index (χ0n) is 16.0. The summed E-state index contributed by atoms with van der Waals surface area (Å²) in [5.74, 6) is 1.20. The van der Waals surface area contributed by atoms with Gasteiger partial charge < -0.3 is 10.1 Å². The number of fused-ring (bicyclic) bond motifs is 1. The molecule has 5 nitrogen and oxygen atoms in total. The molecule has 0 unspecified atom stereocenters. The van der Waals surface area contributed by atoms with Gasteiger partial charge in [0.2, 0.25) is 5.91 Å². The zero-order valence-corrected chi connectivity index (χ0v) is 17.6. The second-order valence-corrected chi connectivity index (χ2v) is 8.51. The van der Waals surface area contributed by atoms with E-state index in [1.165, 1.54) is 27.8 Å². The van der Waals surface area contributed by atoms with Gasteiger partial charge in [0.25, 0.3) is 0 Å². The van der Waals surface area contributed by atoms with E-state index in [4.69, 9.17) is 4.74 Å². The molecule has 1 aromatic carbocycles. The van der Waals surface area contributed by atoms with E-state index in [0.717, 1.165) is 33.0 Å². The quantitative estimate of drug-likeness (QED) is 0.477. The molecule has 2 heterocycles. The Morgan fingerprint density at radius 3 is 2.85 bits per heavy atom. The number of ether oxygens (including phenoxy) is 1. The predicted molar refractivity (Wildman–Crippen MR) is 112 cm³/mol. The summed E-state index contributed by atoms with van der Waals surface area (Å²) in [5, 5.41) is 4.93. The lowest BCUT2D eigenvalue weighted by Crippen LogP contribution is -2.27. The summed E-state index contributed by atoms with van der Waals surface area (Å²) in [4.78, 5) is 23.2. The molecule has 0 spiro atoms. The lowest BCUT2D eigenvalue weighted by molar-refractivity contribution is -0.118. The van der Waals surface area contributed by atoms with Crippen LogP contribution in [0.2, 0.25) is 0 Å². The Kier molecular flexibility index (Phi) is 6.34. The molecule has 0 atom stereocenters. The van der Waals surface area contributed by atoms with Gasteiger partial charge in [-0.05, 0) is 44.4 Å². The number of rotatable bonds is 7. The average Bonchev–Trinajstić information content (AvgIpc) is 2.95. The normalized spacial score (nSPS) is 11.0. The summed E-state index contributed by atoms with van der Waals surface area (Å²) in [6.45, 7) is 6.79. The van der Waals surface area contributed by atoms with Gasteiger partial charge in [-0.1, -0.05) is 29.5 Å². The molecule has 27 heavy (non-hydrogen) atoms. The topological polar surface area (TPSA) is 64.1 Å². The Balaban J connectivity index is 1.56. The minimum Gasteiger partial charge on any atom is -0.496 e. The first kappa shape index (κ1) is 19.6. The molecule has 0 aliphatic carbocycles. The Hall–Kier alpha value is -2.12. The van der Waals surface area contributed by atoms with Crippen LogP contribution >= 0.6 is 23.1 Å². The van der Waals surface area contributed by atoms with E-state index in [1.807, 2.05) is 12.1 Å². The van der Waals surface area contributed by atoms with E-state index < -0.39 is 0 Å². The van der Waals surface area contributed by atoms with Crippen molar-refractivity contribution in [3.05, 3.63) is 46.1 Å². The third kappa shape index (κ3) is 4.59. The van der Waals surface area contributed by atoms with Gasteiger partial charge in [0.05, 0.1) is 12.9 Å². The molecule has 0 aliphatic rings. The van der Waals surface area contributed by atoms with Crippen LogP contribution in [-0.4, -0.2) is 35.3 Å².